The van der Waals surface area contributed by atoms with Crippen LogP contribution < -0.4 is 5.32 Å². The molecule has 4 N–H and O–H groups in total. The summed E-state index contributed by atoms with van der Waals surface area (Å²) in [6.45, 7) is 5.06. The molecule has 0 unspecified atom stereocenters. The lowest BCUT2D eigenvalue weighted by Crippen LogP contribution is -1.99. The highest BCUT2D eigenvalue weighted by Gasteiger charge is 2.22. The molecule has 0 heterocycles. The van der Waals surface area contributed by atoms with Crippen LogP contribution in [0.2, 0.25) is 0 Å². The van der Waals surface area contributed by atoms with E-state index in [4.69, 9.17) is 0 Å². The van der Waals surface area contributed by atoms with Gasteiger partial charge in [-0.05, 0) is 104 Å². The number of anilines is 2. The summed E-state index contributed by atoms with van der Waals surface area (Å²) in [6.07, 6.45) is 0. The minimum Gasteiger partial charge on any atom is -0.505 e. The number of para-hydroxylation sites is 1. The van der Waals surface area contributed by atoms with E-state index in [1.165, 1.54) is 18.2 Å². The van der Waals surface area contributed by atoms with E-state index in [0.29, 0.717) is 44.5 Å². The first kappa shape index (κ1) is 31.4. The Balaban J connectivity index is 1.50. The molecule has 0 fully saturated rings. The first-order chi connectivity index (χ1) is 21.2. The Labute approximate surface area is 259 Å². The van der Waals surface area contributed by atoms with Gasteiger partial charge in [-0.15, -0.1) is 10.2 Å². The summed E-state index contributed by atoms with van der Waals surface area (Å²) in [6, 6.07) is 23.0. The molecule has 5 rings (SSSR count). The molecule has 230 valence electrons. The van der Waals surface area contributed by atoms with Crippen molar-refractivity contribution in [3.8, 4) is 5.75 Å². The van der Waals surface area contributed by atoms with E-state index in [1.54, 1.807) is 57.2 Å². The molecule has 0 aliphatic heterocycles. The van der Waals surface area contributed by atoms with Crippen molar-refractivity contribution in [3.63, 3.8) is 0 Å². The highest BCUT2D eigenvalue weighted by molar-refractivity contribution is 7.86. The van der Waals surface area contributed by atoms with E-state index in [2.05, 4.69) is 25.8 Å². The van der Waals surface area contributed by atoms with Crippen LogP contribution in [-0.4, -0.2) is 31.0 Å². The first-order valence-electron chi connectivity index (χ1n) is 13.3. The van der Waals surface area contributed by atoms with E-state index in [1.807, 2.05) is 30.3 Å². The van der Waals surface area contributed by atoms with Gasteiger partial charge in [0.1, 0.15) is 21.2 Å². The summed E-state index contributed by atoms with van der Waals surface area (Å²) in [5, 5.41) is 31.2. The molecular weight excluding hydrogens is 619 g/mol. The summed E-state index contributed by atoms with van der Waals surface area (Å²) in [5.74, 6) is -0.484. The van der Waals surface area contributed by atoms with Crippen molar-refractivity contribution in [2.24, 2.45) is 20.5 Å². The van der Waals surface area contributed by atoms with Gasteiger partial charge in [0.15, 0.2) is 5.75 Å². The molecule has 45 heavy (non-hydrogen) atoms. The van der Waals surface area contributed by atoms with Crippen molar-refractivity contribution in [2.45, 2.75) is 30.6 Å². The van der Waals surface area contributed by atoms with Crippen molar-refractivity contribution in [2.75, 3.05) is 5.32 Å². The minimum absolute atomic E-state index is 0.0450. The molecule has 0 bridgehead atoms. The van der Waals surface area contributed by atoms with Crippen LogP contribution in [0, 0.1) is 20.8 Å². The van der Waals surface area contributed by atoms with Gasteiger partial charge in [-0.1, -0.05) is 24.3 Å². The lowest BCUT2D eigenvalue weighted by molar-refractivity contribution is 0.472. The third-order valence-electron chi connectivity index (χ3n) is 6.82. The molecule has 5 aromatic rings. The number of azo groups is 2. The molecule has 0 radical (unpaired) electrons. The van der Waals surface area contributed by atoms with E-state index in [9.17, 15) is 31.0 Å². The van der Waals surface area contributed by atoms with Crippen molar-refractivity contribution >= 4 is 65.1 Å². The molecule has 0 spiro atoms. The summed E-state index contributed by atoms with van der Waals surface area (Å²) >= 11 is 0. The summed E-state index contributed by atoms with van der Waals surface area (Å²) in [5.41, 5.74) is 3.36. The maximum Gasteiger partial charge on any atom is 0.296 e. The van der Waals surface area contributed by atoms with Crippen LogP contribution in [0.5, 0.6) is 5.75 Å². The Morgan fingerprint density at radius 2 is 1.20 bits per heavy atom. The smallest absolute Gasteiger partial charge is 0.296 e. The van der Waals surface area contributed by atoms with Gasteiger partial charge in [-0.3, -0.25) is 9.11 Å². The molecule has 0 aliphatic carbocycles. The molecule has 0 saturated carbocycles. The van der Waals surface area contributed by atoms with E-state index < -0.39 is 36.6 Å². The number of aryl methyl sites for hydroxylation is 3. The van der Waals surface area contributed by atoms with Crippen LogP contribution in [0.3, 0.4) is 0 Å². The average Bonchev–Trinajstić information content (AvgIpc) is 2.97. The van der Waals surface area contributed by atoms with Gasteiger partial charge in [0.2, 0.25) is 0 Å². The number of nitrogens with one attached hydrogen (secondary N) is 1. The number of hydrogen-bond donors (Lipinski definition) is 4. The number of hydrogen-bond acceptors (Lipinski definition) is 10. The normalized spacial score (nSPS) is 12.4. The number of aromatic hydroxyl groups is 1. The lowest BCUT2D eigenvalue weighted by Gasteiger charge is -2.12. The van der Waals surface area contributed by atoms with Crippen LogP contribution in [0.1, 0.15) is 16.7 Å². The highest BCUT2D eigenvalue weighted by atomic mass is 32.2. The number of phenolic OH excluding ortho intramolecular Hbond substituents is 1. The second kappa shape index (κ2) is 12.2. The Hall–Kier alpha value is -5.02. The van der Waals surface area contributed by atoms with E-state index >= 15 is 0 Å². The fourth-order valence-electron chi connectivity index (χ4n) is 4.53. The molecule has 0 aromatic heterocycles. The predicted octanol–water partition coefficient (Wildman–Crippen LogP) is 8.54. The standard InChI is InChI=1S/C31H27N5O7S2/c1-18-9-12-25(28(13-18)44(38,39)40)33-34-26-14-20(3)27(15-19(26)2)35-36-30-29(45(41,42)43)17-21-16-23(10-11-24(21)31(30)37)32-22-7-5-4-6-8-22/h4-17,32,37H,1-3H3,(H,38,39,40)(H,41,42,43). The molecule has 12 nitrogen and oxygen atoms in total. The molecule has 0 saturated heterocycles. The Kier molecular flexibility index (Phi) is 8.49. The van der Waals surface area contributed by atoms with Gasteiger partial charge in [-0.2, -0.15) is 27.1 Å². The molecule has 0 amide bonds. The zero-order chi connectivity index (χ0) is 32.5. The van der Waals surface area contributed by atoms with Gasteiger partial charge in [-0.25, -0.2) is 0 Å². The van der Waals surface area contributed by atoms with Crippen LogP contribution in [0.15, 0.2) is 115 Å². The largest absolute Gasteiger partial charge is 0.505 e. The molecule has 5 aromatic carbocycles. The number of nitrogens with zero attached hydrogens (tertiary/aromatic N) is 4. The van der Waals surface area contributed by atoms with Crippen molar-refractivity contribution < 1.29 is 31.0 Å². The van der Waals surface area contributed by atoms with Crippen molar-refractivity contribution in [1.29, 1.82) is 0 Å². The second-order valence-corrected chi connectivity index (χ2v) is 13.0. The fraction of sp³-hybridized carbons (Fsp3) is 0.0968. The second-order valence-electron chi connectivity index (χ2n) is 10.2. The van der Waals surface area contributed by atoms with Gasteiger partial charge in [0.25, 0.3) is 20.2 Å². The maximum atomic E-state index is 12.3. The maximum absolute atomic E-state index is 12.3. The fourth-order valence-corrected chi connectivity index (χ4v) is 5.90. The third-order valence-corrected chi connectivity index (χ3v) is 8.57. The van der Waals surface area contributed by atoms with Gasteiger partial charge >= 0.3 is 0 Å². The van der Waals surface area contributed by atoms with Gasteiger partial charge in [0, 0.05) is 16.8 Å². The van der Waals surface area contributed by atoms with Crippen molar-refractivity contribution in [1.82, 2.24) is 0 Å². The summed E-state index contributed by atoms with van der Waals surface area (Å²) < 4.78 is 67.8. The van der Waals surface area contributed by atoms with E-state index in [-0.39, 0.29) is 10.6 Å². The number of fused-ring (bicyclic) bond motifs is 1. The number of rotatable bonds is 8. The molecular formula is C31H27N5O7S2. The zero-order valence-corrected chi connectivity index (χ0v) is 25.8. The van der Waals surface area contributed by atoms with Crippen molar-refractivity contribution in [3.05, 3.63) is 102 Å². The Morgan fingerprint density at radius 1 is 0.600 bits per heavy atom. The third kappa shape index (κ3) is 7.05. The minimum atomic E-state index is -4.82. The van der Waals surface area contributed by atoms with Crippen LogP contribution in [0.25, 0.3) is 10.8 Å². The molecule has 0 atom stereocenters. The van der Waals surface area contributed by atoms with Gasteiger partial charge < -0.3 is 10.4 Å². The Morgan fingerprint density at radius 3 is 1.82 bits per heavy atom. The molecule has 0 aliphatic rings. The SMILES string of the molecule is Cc1ccc(N=Nc2cc(C)c(N=Nc3c(S(=O)(=O)O)cc4cc(Nc5ccccc5)ccc4c3O)cc2C)c(S(=O)(=O)O)c1. The average molecular weight is 646 g/mol. The Bertz CT molecular complexity index is 2240. The number of benzene rings is 5. The predicted molar refractivity (Wildman–Crippen MR) is 170 cm³/mol. The monoisotopic (exact) mass is 645 g/mol. The van der Waals surface area contributed by atoms with E-state index in [0.717, 1.165) is 5.69 Å². The first-order valence-corrected chi connectivity index (χ1v) is 16.2. The molecule has 14 heteroatoms. The summed E-state index contributed by atoms with van der Waals surface area (Å²) in [4.78, 5) is -1.000. The zero-order valence-electron chi connectivity index (χ0n) is 24.2. The topological polar surface area (TPSA) is 190 Å². The van der Waals surface area contributed by atoms with Crippen LogP contribution in [0.4, 0.5) is 34.1 Å². The van der Waals surface area contributed by atoms with Crippen LogP contribution in [-0.2, 0) is 20.2 Å². The number of phenols is 1. The summed E-state index contributed by atoms with van der Waals surface area (Å²) in [7, 11) is -9.35. The quantitative estimate of drug-likeness (QED) is 0.0952. The van der Waals surface area contributed by atoms with Gasteiger partial charge in [0.05, 0.1) is 11.4 Å². The van der Waals surface area contributed by atoms with Crippen LogP contribution >= 0.6 is 0 Å². The lowest BCUT2D eigenvalue weighted by atomic mass is 10.1. The highest BCUT2D eigenvalue weighted by Crippen LogP contribution is 2.43.